The van der Waals surface area contributed by atoms with Gasteiger partial charge in [0.05, 0.1) is 12.0 Å². The standard InChI is InChI=1S/C20H20F3NO3/c21-20(22,23)17-9-5-4-8-15(17)13-18(25)24-16(10-11-19(26)27)12-14-6-2-1-3-7-14/h1-9,16H,10-13H2,(H,24,25)(H,26,27). The Bertz CT molecular complexity index is 776. The molecule has 2 aromatic carbocycles. The zero-order chi connectivity index (χ0) is 19.9. The van der Waals surface area contributed by atoms with Gasteiger partial charge < -0.3 is 10.4 Å². The molecule has 144 valence electrons. The summed E-state index contributed by atoms with van der Waals surface area (Å²) in [5, 5.41) is 11.6. The van der Waals surface area contributed by atoms with Gasteiger partial charge in [0, 0.05) is 12.5 Å². The van der Waals surface area contributed by atoms with Gasteiger partial charge in [0.2, 0.25) is 5.91 Å². The van der Waals surface area contributed by atoms with E-state index in [2.05, 4.69) is 5.32 Å². The minimum Gasteiger partial charge on any atom is -0.481 e. The first-order valence-corrected chi connectivity index (χ1v) is 8.46. The zero-order valence-electron chi connectivity index (χ0n) is 14.5. The number of carbonyl (C=O) groups is 2. The molecule has 4 nitrogen and oxygen atoms in total. The number of rotatable bonds is 8. The van der Waals surface area contributed by atoms with Crippen LogP contribution in [0.2, 0.25) is 0 Å². The molecule has 0 spiro atoms. The summed E-state index contributed by atoms with van der Waals surface area (Å²) < 4.78 is 39.2. The van der Waals surface area contributed by atoms with Crippen LogP contribution < -0.4 is 5.32 Å². The maximum Gasteiger partial charge on any atom is 0.416 e. The average molecular weight is 379 g/mol. The van der Waals surface area contributed by atoms with E-state index >= 15 is 0 Å². The molecule has 0 aliphatic rings. The lowest BCUT2D eigenvalue weighted by Crippen LogP contribution is -2.38. The van der Waals surface area contributed by atoms with Crippen LogP contribution in [-0.4, -0.2) is 23.0 Å². The molecule has 0 bridgehead atoms. The first-order chi connectivity index (χ1) is 12.8. The molecule has 0 saturated heterocycles. The van der Waals surface area contributed by atoms with Crippen molar-refractivity contribution < 1.29 is 27.9 Å². The van der Waals surface area contributed by atoms with Crippen LogP contribution >= 0.6 is 0 Å². The Morgan fingerprint density at radius 3 is 2.26 bits per heavy atom. The number of carboxylic acids is 1. The first-order valence-electron chi connectivity index (χ1n) is 8.46. The van der Waals surface area contributed by atoms with E-state index in [-0.39, 0.29) is 18.4 Å². The number of hydrogen-bond acceptors (Lipinski definition) is 2. The lowest BCUT2D eigenvalue weighted by molar-refractivity contribution is -0.139. The number of carbonyl (C=O) groups excluding carboxylic acids is 1. The van der Waals surface area contributed by atoms with Crippen molar-refractivity contribution in [1.82, 2.24) is 5.32 Å². The van der Waals surface area contributed by atoms with Gasteiger partial charge in [0.25, 0.3) is 0 Å². The van der Waals surface area contributed by atoms with Crippen LogP contribution in [0.5, 0.6) is 0 Å². The number of alkyl halides is 3. The van der Waals surface area contributed by atoms with Crippen molar-refractivity contribution in [3.8, 4) is 0 Å². The summed E-state index contributed by atoms with van der Waals surface area (Å²) in [6, 6.07) is 13.6. The van der Waals surface area contributed by atoms with Gasteiger partial charge in [-0.15, -0.1) is 0 Å². The highest BCUT2D eigenvalue weighted by Gasteiger charge is 2.33. The van der Waals surface area contributed by atoms with Crippen molar-refractivity contribution in [2.45, 2.75) is 37.9 Å². The Labute approximate surface area is 155 Å². The minimum absolute atomic E-state index is 0.112. The molecule has 27 heavy (non-hydrogen) atoms. The third kappa shape index (κ3) is 6.77. The van der Waals surface area contributed by atoms with E-state index in [1.807, 2.05) is 30.3 Å². The van der Waals surface area contributed by atoms with Gasteiger partial charge in [-0.05, 0) is 30.0 Å². The maximum atomic E-state index is 13.1. The monoisotopic (exact) mass is 379 g/mol. The van der Waals surface area contributed by atoms with Gasteiger partial charge in [-0.2, -0.15) is 13.2 Å². The van der Waals surface area contributed by atoms with Crippen molar-refractivity contribution in [3.05, 3.63) is 71.3 Å². The summed E-state index contributed by atoms with van der Waals surface area (Å²) in [5.74, 6) is -1.57. The molecule has 2 aromatic rings. The van der Waals surface area contributed by atoms with Crippen LogP contribution in [0.3, 0.4) is 0 Å². The van der Waals surface area contributed by atoms with Gasteiger partial charge in [0.1, 0.15) is 0 Å². The Morgan fingerprint density at radius 1 is 1.00 bits per heavy atom. The van der Waals surface area contributed by atoms with Crippen molar-refractivity contribution in [3.63, 3.8) is 0 Å². The second kappa shape index (κ2) is 9.21. The highest BCUT2D eigenvalue weighted by atomic mass is 19.4. The highest BCUT2D eigenvalue weighted by molar-refractivity contribution is 5.79. The Kier molecular flexibility index (Phi) is 6.98. The number of hydrogen-bond donors (Lipinski definition) is 2. The van der Waals surface area contributed by atoms with Gasteiger partial charge >= 0.3 is 12.1 Å². The lowest BCUT2D eigenvalue weighted by atomic mass is 10.00. The van der Waals surface area contributed by atoms with Crippen LogP contribution in [0.25, 0.3) is 0 Å². The number of halogens is 3. The maximum absolute atomic E-state index is 13.1. The number of aliphatic carboxylic acids is 1. The van der Waals surface area contributed by atoms with Crippen LogP contribution in [0, 0.1) is 0 Å². The van der Waals surface area contributed by atoms with Gasteiger partial charge in [0.15, 0.2) is 0 Å². The van der Waals surface area contributed by atoms with Crippen LogP contribution in [0.1, 0.15) is 29.5 Å². The molecular formula is C20H20F3NO3. The smallest absolute Gasteiger partial charge is 0.416 e. The zero-order valence-corrected chi connectivity index (χ0v) is 14.5. The Hall–Kier alpha value is -2.83. The van der Waals surface area contributed by atoms with Crippen molar-refractivity contribution in [2.75, 3.05) is 0 Å². The molecule has 7 heteroatoms. The van der Waals surface area contributed by atoms with E-state index in [0.717, 1.165) is 11.6 Å². The third-order valence-corrected chi connectivity index (χ3v) is 4.07. The summed E-state index contributed by atoms with van der Waals surface area (Å²) in [7, 11) is 0. The Morgan fingerprint density at radius 2 is 1.63 bits per heavy atom. The van der Waals surface area contributed by atoms with E-state index < -0.39 is 36.1 Å². The molecule has 0 fully saturated rings. The fraction of sp³-hybridized carbons (Fsp3) is 0.300. The first kappa shape index (κ1) is 20.5. The number of nitrogens with one attached hydrogen (secondary N) is 1. The number of carboxylic acid groups (broad SMARTS) is 1. The fourth-order valence-electron chi connectivity index (χ4n) is 2.82. The third-order valence-electron chi connectivity index (χ3n) is 4.07. The van der Waals surface area contributed by atoms with Gasteiger partial charge in [-0.25, -0.2) is 0 Å². The van der Waals surface area contributed by atoms with Crippen LogP contribution in [-0.2, 0) is 28.6 Å². The van der Waals surface area contributed by atoms with Gasteiger partial charge in [-0.3, -0.25) is 9.59 Å². The molecule has 0 aliphatic heterocycles. The normalized spacial score (nSPS) is 12.4. The molecule has 0 saturated carbocycles. The van der Waals surface area contributed by atoms with E-state index in [1.54, 1.807) is 0 Å². The summed E-state index contributed by atoms with van der Waals surface area (Å²) in [5.41, 5.74) is -0.0478. The summed E-state index contributed by atoms with van der Waals surface area (Å²) in [6.07, 6.45) is -4.51. The second-order valence-electron chi connectivity index (χ2n) is 6.22. The van der Waals surface area contributed by atoms with E-state index in [9.17, 15) is 22.8 Å². The van der Waals surface area contributed by atoms with Crippen LogP contribution in [0.4, 0.5) is 13.2 Å². The topological polar surface area (TPSA) is 66.4 Å². The van der Waals surface area contributed by atoms with E-state index in [1.165, 1.54) is 18.2 Å². The lowest BCUT2D eigenvalue weighted by Gasteiger charge is -2.19. The number of amides is 1. The fourth-order valence-corrected chi connectivity index (χ4v) is 2.82. The van der Waals surface area contributed by atoms with E-state index in [0.29, 0.717) is 6.42 Å². The number of benzene rings is 2. The summed E-state index contributed by atoms with van der Waals surface area (Å²) in [6.45, 7) is 0. The molecule has 1 amide bonds. The molecule has 0 radical (unpaired) electrons. The predicted octanol–water partition coefficient (Wildman–Crippen LogP) is 3.84. The average Bonchev–Trinajstić information content (AvgIpc) is 2.60. The second-order valence-corrected chi connectivity index (χ2v) is 6.22. The highest BCUT2D eigenvalue weighted by Crippen LogP contribution is 2.32. The molecule has 0 aliphatic carbocycles. The van der Waals surface area contributed by atoms with Crippen LogP contribution in [0.15, 0.2) is 54.6 Å². The molecule has 0 heterocycles. The molecular weight excluding hydrogens is 359 g/mol. The SMILES string of the molecule is O=C(O)CCC(Cc1ccccc1)NC(=O)Cc1ccccc1C(F)(F)F. The molecule has 1 unspecified atom stereocenters. The van der Waals surface area contributed by atoms with E-state index in [4.69, 9.17) is 5.11 Å². The molecule has 2 N–H and O–H groups in total. The summed E-state index contributed by atoms with van der Waals surface area (Å²) >= 11 is 0. The molecule has 2 rings (SSSR count). The quantitative estimate of drug-likeness (QED) is 0.732. The van der Waals surface area contributed by atoms with Gasteiger partial charge in [-0.1, -0.05) is 48.5 Å². The Balaban J connectivity index is 2.08. The molecule has 0 aromatic heterocycles. The van der Waals surface area contributed by atoms with Crippen molar-refractivity contribution >= 4 is 11.9 Å². The van der Waals surface area contributed by atoms with Crippen molar-refractivity contribution in [2.24, 2.45) is 0 Å². The summed E-state index contributed by atoms with van der Waals surface area (Å²) in [4.78, 5) is 23.2. The van der Waals surface area contributed by atoms with Crippen molar-refractivity contribution in [1.29, 1.82) is 0 Å². The minimum atomic E-state index is -4.54. The largest absolute Gasteiger partial charge is 0.481 e. The molecule has 1 atom stereocenters. The predicted molar refractivity (Wildman–Crippen MR) is 94.1 cm³/mol.